The molecule has 7 heteroatoms. The minimum atomic E-state index is -0.925. The van der Waals surface area contributed by atoms with Gasteiger partial charge in [0.15, 0.2) is 5.78 Å². The highest BCUT2D eigenvalue weighted by molar-refractivity contribution is 6.17. The zero-order chi connectivity index (χ0) is 21.3. The van der Waals surface area contributed by atoms with Gasteiger partial charge in [0.1, 0.15) is 11.7 Å². The van der Waals surface area contributed by atoms with Gasteiger partial charge < -0.3 is 14.6 Å². The molecular weight excluding hydrogens is 374 g/mol. The van der Waals surface area contributed by atoms with Crippen LogP contribution in [0.4, 0.5) is 0 Å². The SMILES string of the molecule is CCOC(=O)C1=C(C)N=C2C[C@@H](C)[C@H](C(=O)OC)C(=O)[C@@H]2[C@H]1c1cccc(O)c1. The van der Waals surface area contributed by atoms with Gasteiger partial charge in [-0.3, -0.25) is 14.6 Å². The molecule has 3 rings (SSSR count). The summed E-state index contributed by atoms with van der Waals surface area (Å²) in [6.07, 6.45) is 0.443. The van der Waals surface area contributed by atoms with E-state index in [1.165, 1.54) is 19.2 Å². The molecular formula is C22H25NO6. The van der Waals surface area contributed by atoms with Crippen LogP contribution in [-0.2, 0) is 23.9 Å². The number of Topliss-reactive ketones (excluding diaryl/α,β-unsaturated/α-hetero) is 1. The van der Waals surface area contributed by atoms with Gasteiger partial charge in [-0.1, -0.05) is 19.1 Å². The number of ether oxygens (including phenoxy) is 2. The van der Waals surface area contributed by atoms with E-state index in [2.05, 4.69) is 4.99 Å². The Kier molecular flexibility index (Phi) is 5.86. The average Bonchev–Trinajstić information content (AvgIpc) is 2.66. The number of rotatable bonds is 4. The lowest BCUT2D eigenvalue weighted by Crippen LogP contribution is -2.48. The molecule has 1 aliphatic carbocycles. The Morgan fingerprint density at radius 1 is 1.28 bits per heavy atom. The van der Waals surface area contributed by atoms with E-state index < -0.39 is 29.7 Å². The topological polar surface area (TPSA) is 102 Å². The summed E-state index contributed by atoms with van der Waals surface area (Å²) < 4.78 is 10.1. The van der Waals surface area contributed by atoms with E-state index in [0.717, 1.165) is 0 Å². The second-order valence-electron chi connectivity index (χ2n) is 7.46. The molecule has 1 aromatic rings. The van der Waals surface area contributed by atoms with E-state index in [4.69, 9.17) is 9.47 Å². The largest absolute Gasteiger partial charge is 0.508 e. The standard InChI is InChI=1S/C22H25NO6/c1-5-29-22(27)17-12(3)23-15-9-11(2)16(21(26)28-4)20(25)19(15)18(17)13-7-6-8-14(24)10-13/h6-8,10-11,16,18-19,24H,5,9H2,1-4H3/t11-,16+,18+,19+/m1/s1. The van der Waals surface area contributed by atoms with Crippen LogP contribution in [0, 0.1) is 17.8 Å². The summed E-state index contributed by atoms with van der Waals surface area (Å²) in [5.41, 5.74) is 2.00. The summed E-state index contributed by atoms with van der Waals surface area (Å²) in [4.78, 5) is 43.1. The normalized spacial score (nSPS) is 26.5. The minimum absolute atomic E-state index is 0.0218. The molecule has 29 heavy (non-hydrogen) atoms. The first-order chi connectivity index (χ1) is 13.8. The van der Waals surface area contributed by atoms with Crippen molar-refractivity contribution in [3.05, 3.63) is 41.1 Å². The number of esters is 2. The molecule has 2 aliphatic rings. The van der Waals surface area contributed by atoms with E-state index in [1.807, 2.05) is 6.92 Å². The summed E-state index contributed by atoms with van der Waals surface area (Å²) in [6.45, 7) is 5.42. The van der Waals surface area contributed by atoms with Crippen LogP contribution in [-0.4, -0.2) is 42.3 Å². The quantitative estimate of drug-likeness (QED) is 0.617. The first-order valence-electron chi connectivity index (χ1n) is 9.65. The third-order valence-electron chi connectivity index (χ3n) is 5.60. The maximum absolute atomic E-state index is 13.5. The van der Waals surface area contributed by atoms with Crippen LogP contribution in [0.5, 0.6) is 5.75 Å². The van der Waals surface area contributed by atoms with Gasteiger partial charge in [-0.25, -0.2) is 4.79 Å². The average molecular weight is 399 g/mol. The fourth-order valence-electron chi connectivity index (χ4n) is 4.39. The van der Waals surface area contributed by atoms with Gasteiger partial charge in [0.05, 0.1) is 25.2 Å². The smallest absolute Gasteiger partial charge is 0.336 e. The number of nitrogens with zero attached hydrogens (tertiary/aromatic N) is 1. The van der Waals surface area contributed by atoms with Crippen LogP contribution in [0.25, 0.3) is 0 Å². The fourth-order valence-corrected chi connectivity index (χ4v) is 4.39. The van der Waals surface area contributed by atoms with Crippen LogP contribution in [0.1, 0.15) is 38.7 Å². The molecule has 0 unspecified atom stereocenters. The molecule has 0 radical (unpaired) electrons. The van der Waals surface area contributed by atoms with Crippen molar-refractivity contribution in [2.45, 2.75) is 33.1 Å². The van der Waals surface area contributed by atoms with Crippen LogP contribution in [0.2, 0.25) is 0 Å². The zero-order valence-corrected chi connectivity index (χ0v) is 17.0. The molecule has 0 aromatic heterocycles. The Bertz CT molecular complexity index is 916. The van der Waals surface area contributed by atoms with E-state index in [0.29, 0.717) is 23.4 Å². The molecule has 1 saturated carbocycles. The third-order valence-corrected chi connectivity index (χ3v) is 5.60. The minimum Gasteiger partial charge on any atom is -0.508 e. The molecule has 1 N–H and O–H groups in total. The Morgan fingerprint density at radius 3 is 2.62 bits per heavy atom. The predicted octanol–water partition coefficient (Wildman–Crippen LogP) is 2.78. The second kappa shape index (κ2) is 8.19. The molecule has 1 fully saturated rings. The lowest BCUT2D eigenvalue weighted by atomic mass is 9.64. The van der Waals surface area contributed by atoms with Crippen LogP contribution < -0.4 is 0 Å². The van der Waals surface area contributed by atoms with Crippen molar-refractivity contribution in [3.63, 3.8) is 0 Å². The number of allylic oxidation sites excluding steroid dienone is 1. The highest BCUT2D eigenvalue weighted by atomic mass is 16.5. The first kappa shape index (κ1) is 20.8. The highest BCUT2D eigenvalue weighted by Gasteiger charge is 2.51. The Labute approximate surface area is 169 Å². The van der Waals surface area contributed by atoms with Crippen LogP contribution in [0.3, 0.4) is 0 Å². The number of hydrogen-bond acceptors (Lipinski definition) is 7. The van der Waals surface area contributed by atoms with Crippen molar-refractivity contribution in [1.29, 1.82) is 0 Å². The van der Waals surface area contributed by atoms with Gasteiger partial charge in [0.25, 0.3) is 0 Å². The van der Waals surface area contributed by atoms with Crippen molar-refractivity contribution in [2.75, 3.05) is 13.7 Å². The van der Waals surface area contributed by atoms with E-state index in [9.17, 15) is 19.5 Å². The summed E-state index contributed by atoms with van der Waals surface area (Å²) in [5.74, 6) is -4.11. The first-order valence-corrected chi connectivity index (χ1v) is 9.65. The molecule has 0 spiro atoms. The number of ketones is 1. The Morgan fingerprint density at radius 2 is 2.00 bits per heavy atom. The van der Waals surface area contributed by atoms with Crippen molar-refractivity contribution in [3.8, 4) is 5.75 Å². The van der Waals surface area contributed by atoms with Gasteiger partial charge in [-0.05, 0) is 43.9 Å². The molecule has 1 aliphatic heterocycles. The highest BCUT2D eigenvalue weighted by Crippen LogP contribution is 2.46. The number of fused-ring (bicyclic) bond motifs is 1. The second-order valence-corrected chi connectivity index (χ2v) is 7.46. The predicted molar refractivity (Wildman–Crippen MR) is 105 cm³/mol. The number of aromatic hydroxyl groups is 1. The zero-order valence-electron chi connectivity index (χ0n) is 17.0. The molecule has 1 heterocycles. The van der Waals surface area contributed by atoms with Crippen LogP contribution >= 0.6 is 0 Å². The summed E-state index contributed by atoms with van der Waals surface area (Å²) in [5, 5.41) is 10.00. The number of carbonyl (C=O) groups is 3. The molecule has 0 amide bonds. The number of carbonyl (C=O) groups excluding carboxylic acids is 3. The Balaban J connectivity index is 2.18. The van der Waals surface area contributed by atoms with E-state index in [1.54, 1.807) is 26.0 Å². The maximum atomic E-state index is 13.5. The van der Waals surface area contributed by atoms with E-state index in [-0.39, 0.29) is 29.6 Å². The maximum Gasteiger partial charge on any atom is 0.336 e. The fraction of sp³-hybridized carbons (Fsp3) is 0.455. The monoisotopic (exact) mass is 399 g/mol. The lowest BCUT2D eigenvalue weighted by Gasteiger charge is -2.40. The molecule has 154 valence electrons. The summed E-state index contributed by atoms with van der Waals surface area (Å²) in [6, 6.07) is 6.45. The Hall–Kier alpha value is -2.96. The molecule has 7 nitrogen and oxygen atoms in total. The van der Waals surface area contributed by atoms with Gasteiger partial charge in [0.2, 0.25) is 0 Å². The van der Waals surface area contributed by atoms with Crippen molar-refractivity contribution in [2.24, 2.45) is 22.7 Å². The molecule has 1 aromatic carbocycles. The number of methoxy groups -OCH3 is 1. The molecule has 0 saturated heterocycles. The van der Waals surface area contributed by atoms with Gasteiger partial charge in [0, 0.05) is 17.3 Å². The molecule has 0 bridgehead atoms. The van der Waals surface area contributed by atoms with Crippen molar-refractivity contribution >= 4 is 23.4 Å². The third kappa shape index (κ3) is 3.69. The van der Waals surface area contributed by atoms with Crippen molar-refractivity contribution in [1.82, 2.24) is 0 Å². The summed E-state index contributed by atoms with van der Waals surface area (Å²) >= 11 is 0. The number of phenols is 1. The lowest BCUT2D eigenvalue weighted by molar-refractivity contribution is -0.152. The van der Waals surface area contributed by atoms with Gasteiger partial charge >= 0.3 is 11.9 Å². The molecule has 4 atom stereocenters. The number of aliphatic imine (C=N–C) groups is 1. The van der Waals surface area contributed by atoms with E-state index >= 15 is 0 Å². The van der Waals surface area contributed by atoms with Gasteiger partial charge in [-0.2, -0.15) is 0 Å². The number of benzene rings is 1. The van der Waals surface area contributed by atoms with Gasteiger partial charge in [-0.15, -0.1) is 0 Å². The number of hydrogen-bond donors (Lipinski definition) is 1. The van der Waals surface area contributed by atoms with Crippen molar-refractivity contribution < 1.29 is 29.0 Å². The summed E-state index contributed by atoms with van der Waals surface area (Å²) in [7, 11) is 1.26. The van der Waals surface area contributed by atoms with Crippen LogP contribution in [0.15, 0.2) is 40.5 Å². The number of phenolic OH excluding ortho intramolecular Hbond substituents is 1.